The van der Waals surface area contributed by atoms with Gasteiger partial charge in [0.15, 0.2) is 5.11 Å². The van der Waals surface area contributed by atoms with Crippen molar-refractivity contribution in [2.45, 2.75) is 33.2 Å². The van der Waals surface area contributed by atoms with Crippen molar-refractivity contribution < 1.29 is 0 Å². The molecule has 0 N–H and O–H groups in total. The second-order valence-electron chi connectivity index (χ2n) is 6.33. The van der Waals surface area contributed by atoms with Gasteiger partial charge in [-0.3, -0.25) is 4.90 Å². The average molecular weight is 312 g/mol. The maximum atomic E-state index is 6.15. The van der Waals surface area contributed by atoms with E-state index in [-0.39, 0.29) is 5.54 Å². The van der Waals surface area contributed by atoms with Crippen LogP contribution in [0.1, 0.15) is 26.3 Å². The molecular weight excluding hydrogens is 290 g/mol. The molecule has 0 amide bonds. The van der Waals surface area contributed by atoms with Crippen molar-refractivity contribution >= 4 is 34.6 Å². The number of nitrogens with zero attached hydrogens (tertiary/aromatic N) is 3. The summed E-state index contributed by atoms with van der Waals surface area (Å²) in [5.41, 5.74) is 2.36. The minimum atomic E-state index is 0.0923. The minimum absolute atomic E-state index is 0.0923. The molecule has 0 atom stereocenters. The summed E-state index contributed by atoms with van der Waals surface area (Å²) in [5, 5.41) is 1.58. The lowest BCUT2D eigenvalue weighted by Crippen LogP contribution is -2.61. The van der Waals surface area contributed by atoms with Crippen LogP contribution in [-0.4, -0.2) is 40.8 Å². The molecule has 1 aromatic carbocycles. The van der Waals surface area contributed by atoms with Gasteiger partial charge in [-0.2, -0.15) is 0 Å². The predicted octanol–water partition coefficient (Wildman–Crippen LogP) is 3.70. The first-order chi connectivity index (χ1) is 9.20. The van der Waals surface area contributed by atoms with Gasteiger partial charge in [-0.15, -0.1) is 0 Å². The number of aryl methyl sites for hydroxylation is 1. The molecular formula is C15H22ClN3S. The molecule has 0 spiro atoms. The molecule has 0 unspecified atom stereocenters. The zero-order valence-corrected chi connectivity index (χ0v) is 14.3. The number of benzene rings is 1. The Kier molecular flexibility index (Phi) is 4.28. The van der Waals surface area contributed by atoms with Crippen molar-refractivity contribution in [2.75, 3.05) is 25.3 Å². The third kappa shape index (κ3) is 3.08. The number of anilines is 1. The lowest BCUT2D eigenvalue weighted by atomic mass is 10.1. The van der Waals surface area contributed by atoms with Gasteiger partial charge in [0.05, 0.1) is 13.3 Å². The Balaban J connectivity index is 2.38. The van der Waals surface area contributed by atoms with E-state index in [1.165, 1.54) is 5.56 Å². The molecule has 2 rings (SSSR count). The van der Waals surface area contributed by atoms with Crippen LogP contribution in [0.25, 0.3) is 0 Å². The third-order valence-corrected chi connectivity index (χ3v) is 4.43. The van der Waals surface area contributed by atoms with Crippen LogP contribution in [0.2, 0.25) is 5.02 Å². The first-order valence-corrected chi connectivity index (χ1v) is 7.52. The van der Waals surface area contributed by atoms with Gasteiger partial charge >= 0.3 is 0 Å². The summed E-state index contributed by atoms with van der Waals surface area (Å²) >= 11 is 11.7. The van der Waals surface area contributed by atoms with Crippen molar-refractivity contribution in [1.29, 1.82) is 0 Å². The molecule has 0 aliphatic carbocycles. The van der Waals surface area contributed by atoms with E-state index in [0.717, 1.165) is 29.2 Å². The van der Waals surface area contributed by atoms with Gasteiger partial charge in [0.2, 0.25) is 0 Å². The second-order valence-corrected chi connectivity index (χ2v) is 7.13. The normalized spacial score (nSPS) is 17.8. The quantitative estimate of drug-likeness (QED) is 0.731. The van der Waals surface area contributed by atoms with Gasteiger partial charge in [0.25, 0.3) is 0 Å². The summed E-state index contributed by atoms with van der Waals surface area (Å²) in [5.74, 6) is 0. The summed E-state index contributed by atoms with van der Waals surface area (Å²) in [6, 6.07) is 5.94. The highest BCUT2D eigenvalue weighted by Crippen LogP contribution is 2.29. The summed E-state index contributed by atoms with van der Waals surface area (Å²) in [7, 11) is 2.03. The zero-order chi connectivity index (χ0) is 15.1. The highest BCUT2D eigenvalue weighted by molar-refractivity contribution is 7.80. The van der Waals surface area contributed by atoms with E-state index < -0.39 is 0 Å². The Labute approximate surface area is 132 Å². The largest absolute Gasteiger partial charge is 0.339 e. The Morgan fingerprint density at radius 1 is 1.20 bits per heavy atom. The van der Waals surface area contributed by atoms with Crippen LogP contribution in [0.15, 0.2) is 18.2 Å². The topological polar surface area (TPSA) is 9.72 Å². The van der Waals surface area contributed by atoms with E-state index in [9.17, 15) is 0 Å². The summed E-state index contributed by atoms with van der Waals surface area (Å²) < 4.78 is 0. The molecule has 5 heteroatoms. The minimum Gasteiger partial charge on any atom is -0.339 e. The Morgan fingerprint density at radius 3 is 2.45 bits per heavy atom. The van der Waals surface area contributed by atoms with Gasteiger partial charge in [-0.25, -0.2) is 0 Å². The Bertz CT molecular complexity index is 524. The van der Waals surface area contributed by atoms with Crippen LogP contribution in [-0.2, 0) is 0 Å². The first kappa shape index (κ1) is 15.5. The van der Waals surface area contributed by atoms with Crippen LogP contribution < -0.4 is 4.90 Å². The number of halogens is 1. The van der Waals surface area contributed by atoms with Gasteiger partial charge in [-0.05, 0) is 57.6 Å². The standard InChI is InChI=1S/C15H22ClN3S/c1-11-6-7-12(16)8-13(11)19-10-18(15(2,3)4)9-17(5)14(19)20/h6-8H,9-10H2,1-5H3. The fourth-order valence-corrected chi connectivity index (χ4v) is 2.66. The van der Waals surface area contributed by atoms with E-state index in [4.69, 9.17) is 23.8 Å². The molecule has 0 aromatic heterocycles. The van der Waals surface area contributed by atoms with E-state index in [0.29, 0.717) is 0 Å². The molecule has 0 saturated carbocycles. The lowest BCUT2D eigenvalue weighted by molar-refractivity contribution is 0.0843. The van der Waals surface area contributed by atoms with Crippen LogP contribution in [0.3, 0.4) is 0 Å². The number of thiocarbonyl (C=S) groups is 1. The molecule has 1 heterocycles. The van der Waals surface area contributed by atoms with Crippen LogP contribution >= 0.6 is 23.8 Å². The Morgan fingerprint density at radius 2 is 1.85 bits per heavy atom. The maximum absolute atomic E-state index is 6.15. The number of hydrogen-bond acceptors (Lipinski definition) is 2. The molecule has 20 heavy (non-hydrogen) atoms. The van der Waals surface area contributed by atoms with Gasteiger partial charge < -0.3 is 9.80 Å². The third-order valence-electron chi connectivity index (χ3n) is 3.66. The Hall–Kier alpha value is -0.840. The second kappa shape index (κ2) is 5.51. The fraction of sp³-hybridized carbons (Fsp3) is 0.533. The summed E-state index contributed by atoms with van der Waals surface area (Å²) in [4.78, 5) is 6.65. The molecule has 0 bridgehead atoms. The molecule has 110 valence electrons. The van der Waals surface area contributed by atoms with Crippen molar-refractivity contribution in [3.63, 3.8) is 0 Å². The molecule has 0 radical (unpaired) electrons. The van der Waals surface area contributed by atoms with Crippen LogP contribution in [0.4, 0.5) is 5.69 Å². The summed E-state index contributed by atoms with van der Waals surface area (Å²) in [6.45, 7) is 10.4. The van der Waals surface area contributed by atoms with E-state index in [1.54, 1.807) is 0 Å². The molecule has 1 saturated heterocycles. The molecule has 1 aliphatic heterocycles. The molecule has 1 fully saturated rings. The van der Waals surface area contributed by atoms with Crippen molar-refractivity contribution in [3.05, 3.63) is 28.8 Å². The van der Waals surface area contributed by atoms with E-state index in [2.05, 4.69) is 42.4 Å². The lowest BCUT2D eigenvalue weighted by Gasteiger charge is -2.48. The van der Waals surface area contributed by atoms with Crippen molar-refractivity contribution in [3.8, 4) is 0 Å². The van der Waals surface area contributed by atoms with E-state index in [1.807, 2.05) is 25.2 Å². The highest BCUT2D eigenvalue weighted by atomic mass is 35.5. The van der Waals surface area contributed by atoms with Crippen molar-refractivity contribution in [1.82, 2.24) is 9.80 Å². The maximum Gasteiger partial charge on any atom is 0.178 e. The fourth-order valence-electron chi connectivity index (χ4n) is 2.28. The zero-order valence-electron chi connectivity index (χ0n) is 12.8. The van der Waals surface area contributed by atoms with Crippen LogP contribution in [0.5, 0.6) is 0 Å². The van der Waals surface area contributed by atoms with Crippen molar-refractivity contribution in [2.24, 2.45) is 0 Å². The van der Waals surface area contributed by atoms with Gasteiger partial charge in [0.1, 0.15) is 0 Å². The highest BCUT2D eigenvalue weighted by Gasteiger charge is 2.32. The van der Waals surface area contributed by atoms with Gasteiger partial charge in [-0.1, -0.05) is 17.7 Å². The first-order valence-electron chi connectivity index (χ1n) is 6.74. The molecule has 3 nitrogen and oxygen atoms in total. The monoisotopic (exact) mass is 311 g/mol. The SMILES string of the molecule is Cc1ccc(Cl)cc1N1CN(C(C)(C)C)CN(C)C1=S. The molecule has 1 aromatic rings. The number of hydrogen-bond donors (Lipinski definition) is 0. The predicted molar refractivity (Wildman–Crippen MR) is 90.4 cm³/mol. The van der Waals surface area contributed by atoms with Gasteiger partial charge in [0, 0.05) is 23.3 Å². The number of rotatable bonds is 1. The van der Waals surface area contributed by atoms with Crippen LogP contribution in [0, 0.1) is 6.92 Å². The molecule has 1 aliphatic rings. The summed E-state index contributed by atoms with van der Waals surface area (Å²) in [6.07, 6.45) is 0. The average Bonchev–Trinajstić information content (AvgIpc) is 2.34. The smallest absolute Gasteiger partial charge is 0.178 e. The van der Waals surface area contributed by atoms with E-state index >= 15 is 0 Å².